The normalized spacial score (nSPS) is 14.8. The minimum absolute atomic E-state index is 0.00961. The summed E-state index contributed by atoms with van der Waals surface area (Å²) < 4.78 is 26.6. The summed E-state index contributed by atoms with van der Waals surface area (Å²) in [4.78, 5) is 13.9. The van der Waals surface area contributed by atoms with E-state index in [1.54, 1.807) is 4.90 Å². The van der Waals surface area contributed by atoms with Crippen LogP contribution in [0.3, 0.4) is 0 Å². The van der Waals surface area contributed by atoms with Crippen molar-refractivity contribution in [2.75, 3.05) is 4.90 Å². The number of rotatable bonds is 2. The van der Waals surface area contributed by atoms with Crippen LogP contribution in [0.1, 0.15) is 24.0 Å². The van der Waals surface area contributed by atoms with E-state index in [4.69, 9.17) is 0 Å². The highest BCUT2D eigenvalue weighted by Gasteiger charge is 2.22. The number of benzene rings is 2. The largest absolute Gasteiger partial charge is 0.308 e. The van der Waals surface area contributed by atoms with Gasteiger partial charge in [-0.1, -0.05) is 18.2 Å². The Labute approximate surface area is 122 Å². The minimum Gasteiger partial charge on any atom is -0.308 e. The van der Waals surface area contributed by atoms with Crippen molar-refractivity contribution in [2.45, 2.75) is 25.8 Å². The maximum absolute atomic E-state index is 13.3. The molecule has 0 radical (unpaired) electrons. The predicted octanol–water partition coefficient (Wildman–Crippen LogP) is 3.83. The van der Waals surface area contributed by atoms with Gasteiger partial charge in [0.15, 0.2) is 0 Å². The second-order valence-electron chi connectivity index (χ2n) is 5.24. The van der Waals surface area contributed by atoms with Crippen molar-refractivity contribution < 1.29 is 13.6 Å². The van der Waals surface area contributed by atoms with Gasteiger partial charge in [-0.2, -0.15) is 0 Å². The van der Waals surface area contributed by atoms with Crippen LogP contribution in [0, 0.1) is 11.6 Å². The molecule has 3 rings (SSSR count). The van der Waals surface area contributed by atoms with Crippen LogP contribution in [0.25, 0.3) is 0 Å². The number of halogens is 2. The molecule has 0 bridgehead atoms. The SMILES string of the molecule is O=C1CCCc2ccccc2N1Cc1cc(F)cc(F)c1. The first kappa shape index (κ1) is 13.7. The molecule has 2 aromatic rings. The molecule has 108 valence electrons. The number of fused-ring (bicyclic) bond motifs is 1. The van der Waals surface area contributed by atoms with Gasteiger partial charge in [-0.25, -0.2) is 8.78 Å². The van der Waals surface area contributed by atoms with Gasteiger partial charge in [0.25, 0.3) is 0 Å². The van der Waals surface area contributed by atoms with Gasteiger partial charge in [-0.05, 0) is 42.2 Å². The number of carbonyl (C=O) groups is 1. The lowest BCUT2D eigenvalue weighted by molar-refractivity contribution is -0.118. The van der Waals surface area contributed by atoms with Crippen molar-refractivity contribution in [1.82, 2.24) is 0 Å². The van der Waals surface area contributed by atoms with Crippen LogP contribution in [-0.4, -0.2) is 5.91 Å². The molecule has 0 spiro atoms. The lowest BCUT2D eigenvalue weighted by Crippen LogP contribution is -2.29. The van der Waals surface area contributed by atoms with Gasteiger partial charge in [-0.3, -0.25) is 4.79 Å². The third-order valence-electron chi connectivity index (χ3n) is 3.68. The van der Waals surface area contributed by atoms with Crippen molar-refractivity contribution in [3.8, 4) is 0 Å². The molecule has 1 heterocycles. The number of hydrogen-bond acceptors (Lipinski definition) is 1. The summed E-state index contributed by atoms with van der Waals surface area (Å²) >= 11 is 0. The van der Waals surface area contributed by atoms with E-state index in [1.807, 2.05) is 24.3 Å². The Morgan fingerprint density at radius 3 is 2.48 bits per heavy atom. The molecular formula is C17H15F2NO. The lowest BCUT2D eigenvalue weighted by Gasteiger charge is -2.23. The van der Waals surface area contributed by atoms with Crippen molar-refractivity contribution in [2.24, 2.45) is 0 Å². The van der Waals surface area contributed by atoms with Crippen LogP contribution in [0.2, 0.25) is 0 Å². The van der Waals surface area contributed by atoms with E-state index >= 15 is 0 Å². The average Bonchev–Trinajstić information content (AvgIpc) is 2.58. The minimum atomic E-state index is -0.624. The first-order valence-corrected chi connectivity index (χ1v) is 6.97. The molecular weight excluding hydrogens is 272 g/mol. The zero-order valence-corrected chi connectivity index (χ0v) is 11.5. The van der Waals surface area contributed by atoms with Crippen LogP contribution in [0.5, 0.6) is 0 Å². The van der Waals surface area contributed by atoms with Crippen LogP contribution >= 0.6 is 0 Å². The summed E-state index contributed by atoms with van der Waals surface area (Å²) in [6.45, 7) is 0.185. The summed E-state index contributed by atoms with van der Waals surface area (Å²) in [5.74, 6) is -1.26. The van der Waals surface area contributed by atoms with E-state index in [1.165, 1.54) is 12.1 Å². The lowest BCUT2D eigenvalue weighted by atomic mass is 10.1. The molecule has 4 heteroatoms. The summed E-state index contributed by atoms with van der Waals surface area (Å²) in [6.07, 6.45) is 2.09. The molecule has 2 nitrogen and oxygen atoms in total. The van der Waals surface area contributed by atoms with E-state index in [0.29, 0.717) is 12.0 Å². The van der Waals surface area contributed by atoms with Gasteiger partial charge < -0.3 is 4.90 Å². The molecule has 0 aliphatic carbocycles. The van der Waals surface area contributed by atoms with E-state index in [9.17, 15) is 13.6 Å². The molecule has 1 aliphatic heterocycles. The predicted molar refractivity (Wildman–Crippen MR) is 76.9 cm³/mol. The molecule has 0 saturated carbocycles. The second-order valence-corrected chi connectivity index (χ2v) is 5.24. The fourth-order valence-electron chi connectivity index (χ4n) is 2.74. The van der Waals surface area contributed by atoms with Gasteiger partial charge in [-0.15, -0.1) is 0 Å². The van der Waals surface area contributed by atoms with Gasteiger partial charge in [0.05, 0.1) is 6.54 Å². The smallest absolute Gasteiger partial charge is 0.227 e. The summed E-state index contributed by atoms with van der Waals surface area (Å²) in [7, 11) is 0. The topological polar surface area (TPSA) is 20.3 Å². The Hall–Kier alpha value is -2.23. The van der Waals surface area contributed by atoms with Crippen LogP contribution < -0.4 is 4.90 Å². The Bertz CT molecular complexity index is 664. The first-order valence-electron chi connectivity index (χ1n) is 6.97. The Morgan fingerprint density at radius 1 is 1.00 bits per heavy atom. The summed E-state index contributed by atoms with van der Waals surface area (Å²) in [5.41, 5.74) is 2.39. The summed E-state index contributed by atoms with van der Waals surface area (Å²) in [6, 6.07) is 11.1. The number of carbonyl (C=O) groups excluding carboxylic acids is 1. The zero-order chi connectivity index (χ0) is 14.8. The fraction of sp³-hybridized carbons (Fsp3) is 0.235. The summed E-state index contributed by atoms with van der Waals surface area (Å²) in [5, 5.41) is 0. The monoisotopic (exact) mass is 287 g/mol. The van der Waals surface area contributed by atoms with E-state index in [2.05, 4.69) is 0 Å². The molecule has 2 aromatic carbocycles. The number of para-hydroxylation sites is 1. The molecule has 0 saturated heterocycles. The number of hydrogen-bond donors (Lipinski definition) is 0. The van der Waals surface area contributed by atoms with E-state index in [-0.39, 0.29) is 12.5 Å². The highest BCUT2D eigenvalue weighted by molar-refractivity contribution is 5.94. The molecule has 0 atom stereocenters. The highest BCUT2D eigenvalue weighted by atomic mass is 19.1. The van der Waals surface area contributed by atoms with Crippen LogP contribution in [0.15, 0.2) is 42.5 Å². The Kier molecular flexibility index (Phi) is 3.69. The van der Waals surface area contributed by atoms with Crippen molar-refractivity contribution >= 4 is 11.6 Å². The second kappa shape index (κ2) is 5.64. The van der Waals surface area contributed by atoms with E-state index in [0.717, 1.165) is 30.2 Å². The maximum atomic E-state index is 13.3. The Balaban J connectivity index is 1.97. The Morgan fingerprint density at radius 2 is 1.71 bits per heavy atom. The van der Waals surface area contributed by atoms with Crippen molar-refractivity contribution in [3.63, 3.8) is 0 Å². The number of nitrogens with zero attached hydrogens (tertiary/aromatic N) is 1. The quantitative estimate of drug-likeness (QED) is 0.822. The first-order chi connectivity index (χ1) is 10.1. The maximum Gasteiger partial charge on any atom is 0.227 e. The zero-order valence-electron chi connectivity index (χ0n) is 11.5. The molecule has 0 N–H and O–H groups in total. The fourth-order valence-corrected chi connectivity index (χ4v) is 2.74. The molecule has 0 fully saturated rings. The molecule has 21 heavy (non-hydrogen) atoms. The average molecular weight is 287 g/mol. The third kappa shape index (κ3) is 2.94. The molecule has 0 unspecified atom stereocenters. The molecule has 0 aromatic heterocycles. The van der Waals surface area contributed by atoms with Crippen molar-refractivity contribution in [3.05, 3.63) is 65.2 Å². The highest BCUT2D eigenvalue weighted by Crippen LogP contribution is 2.28. The molecule has 1 amide bonds. The number of amides is 1. The van der Waals surface area contributed by atoms with Gasteiger partial charge in [0.1, 0.15) is 11.6 Å². The van der Waals surface area contributed by atoms with Crippen LogP contribution in [0.4, 0.5) is 14.5 Å². The van der Waals surface area contributed by atoms with Gasteiger partial charge in [0, 0.05) is 18.2 Å². The van der Waals surface area contributed by atoms with Crippen LogP contribution in [-0.2, 0) is 17.8 Å². The molecule has 1 aliphatic rings. The number of aryl methyl sites for hydroxylation is 1. The number of anilines is 1. The van der Waals surface area contributed by atoms with Gasteiger partial charge in [0.2, 0.25) is 5.91 Å². The standard InChI is InChI=1S/C17H15F2NO/c18-14-8-12(9-15(19)10-14)11-20-16-6-2-1-4-13(16)5-3-7-17(20)21/h1-2,4,6,8-10H,3,5,7,11H2. The van der Waals surface area contributed by atoms with Crippen molar-refractivity contribution in [1.29, 1.82) is 0 Å². The third-order valence-corrected chi connectivity index (χ3v) is 3.68. The van der Waals surface area contributed by atoms with E-state index < -0.39 is 11.6 Å². The van der Waals surface area contributed by atoms with Gasteiger partial charge >= 0.3 is 0 Å².